The molecule has 0 aliphatic carbocycles. The maximum Gasteiger partial charge on any atom is 0.271 e. The molecule has 1 aromatic heterocycles. The smallest absolute Gasteiger partial charge is 0.258 e. The molecule has 4 nitrogen and oxygen atoms in total. The van der Waals surface area contributed by atoms with Crippen molar-refractivity contribution in [3.63, 3.8) is 0 Å². The number of aromatic nitrogens is 1. The Morgan fingerprint density at radius 2 is 2.14 bits per heavy atom. The molecule has 0 N–H and O–H groups in total. The van der Waals surface area contributed by atoms with Crippen molar-refractivity contribution in [3.05, 3.63) is 45.6 Å². The van der Waals surface area contributed by atoms with E-state index in [-0.39, 0.29) is 5.69 Å². The fourth-order valence-corrected chi connectivity index (χ4v) is 1.43. The van der Waals surface area contributed by atoms with Crippen LogP contribution in [0.15, 0.2) is 30.5 Å². The van der Waals surface area contributed by atoms with Gasteiger partial charge < -0.3 is 0 Å². The van der Waals surface area contributed by atoms with Crippen LogP contribution in [0.2, 0.25) is 5.02 Å². The third kappa shape index (κ3) is 1.40. The molecule has 0 aliphatic heterocycles. The molecule has 0 radical (unpaired) electrons. The summed E-state index contributed by atoms with van der Waals surface area (Å²) in [6.07, 6.45) is 1.52. The van der Waals surface area contributed by atoms with Crippen LogP contribution in [-0.2, 0) is 0 Å². The minimum absolute atomic E-state index is 0.0206. The largest absolute Gasteiger partial charge is 0.271 e. The molecule has 0 aliphatic rings. The van der Waals surface area contributed by atoms with Crippen LogP contribution in [-0.4, -0.2) is 9.91 Å². The van der Waals surface area contributed by atoms with E-state index in [0.29, 0.717) is 10.5 Å². The predicted octanol–water partition coefficient (Wildman–Crippen LogP) is 2.80. The van der Waals surface area contributed by atoms with Crippen LogP contribution in [0.1, 0.15) is 0 Å². The Kier molecular flexibility index (Phi) is 2.05. The number of halogens is 1. The van der Waals surface area contributed by atoms with Crippen LogP contribution in [0, 0.1) is 10.1 Å². The van der Waals surface area contributed by atoms with Crippen molar-refractivity contribution < 1.29 is 4.92 Å². The molecule has 2 aromatic rings. The normalized spacial score (nSPS) is 10.4. The zero-order valence-electron chi connectivity index (χ0n) is 6.98. The van der Waals surface area contributed by atoms with Gasteiger partial charge in [0.05, 0.1) is 15.5 Å². The number of nitro groups is 1. The van der Waals surface area contributed by atoms with Crippen LogP contribution in [0.25, 0.3) is 10.9 Å². The van der Waals surface area contributed by atoms with E-state index in [4.69, 9.17) is 11.6 Å². The first-order valence-electron chi connectivity index (χ1n) is 3.87. The molecule has 1 heterocycles. The van der Waals surface area contributed by atoms with Gasteiger partial charge >= 0.3 is 0 Å². The number of pyridine rings is 1. The average Bonchev–Trinajstić information content (AvgIpc) is 2.17. The van der Waals surface area contributed by atoms with Gasteiger partial charge in [-0.1, -0.05) is 11.6 Å². The van der Waals surface area contributed by atoms with E-state index in [1.807, 2.05) is 0 Å². The van der Waals surface area contributed by atoms with Crippen molar-refractivity contribution in [2.45, 2.75) is 0 Å². The van der Waals surface area contributed by atoms with Crippen molar-refractivity contribution in [2.24, 2.45) is 0 Å². The molecule has 14 heavy (non-hydrogen) atoms. The molecule has 1 aromatic carbocycles. The van der Waals surface area contributed by atoms with Gasteiger partial charge in [0.15, 0.2) is 0 Å². The maximum absolute atomic E-state index is 10.5. The summed E-state index contributed by atoms with van der Waals surface area (Å²) >= 11 is 5.88. The van der Waals surface area contributed by atoms with Gasteiger partial charge in [-0.15, -0.1) is 0 Å². The summed E-state index contributed by atoms with van der Waals surface area (Å²) in [5, 5.41) is 11.7. The second-order valence-electron chi connectivity index (χ2n) is 2.75. The molecule has 0 saturated heterocycles. The lowest BCUT2D eigenvalue weighted by molar-refractivity contribution is -0.384. The highest BCUT2D eigenvalue weighted by Gasteiger charge is 2.07. The second-order valence-corrected chi connectivity index (χ2v) is 3.16. The monoisotopic (exact) mass is 208 g/mol. The maximum atomic E-state index is 10.5. The second kappa shape index (κ2) is 3.23. The Morgan fingerprint density at radius 3 is 2.86 bits per heavy atom. The third-order valence-electron chi connectivity index (χ3n) is 1.88. The Bertz CT molecular complexity index is 513. The molecule has 2 rings (SSSR count). The first kappa shape index (κ1) is 8.90. The highest BCUT2D eigenvalue weighted by molar-refractivity contribution is 6.35. The van der Waals surface area contributed by atoms with Crippen molar-refractivity contribution >= 4 is 28.2 Å². The number of hydrogen-bond donors (Lipinski definition) is 0. The van der Waals surface area contributed by atoms with Gasteiger partial charge in [-0.05, 0) is 12.1 Å². The molecular weight excluding hydrogens is 204 g/mol. The summed E-state index contributed by atoms with van der Waals surface area (Å²) in [4.78, 5) is 14.0. The Balaban J connectivity index is 2.73. The molecule has 0 spiro atoms. The molecule has 0 saturated carbocycles. The lowest BCUT2D eigenvalue weighted by atomic mass is 10.2. The lowest BCUT2D eigenvalue weighted by Gasteiger charge is -1.98. The number of nitro benzene ring substituents is 1. The summed E-state index contributed by atoms with van der Waals surface area (Å²) < 4.78 is 0. The van der Waals surface area contributed by atoms with E-state index < -0.39 is 4.92 Å². The van der Waals surface area contributed by atoms with Crippen molar-refractivity contribution in [1.29, 1.82) is 0 Å². The zero-order valence-corrected chi connectivity index (χ0v) is 7.73. The first-order valence-corrected chi connectivity index (χ1v) is 4.25. The molecule has 0 atom stereocenters. The van der Waals surface area contributed by atoms with E-state index in [1.54, 1.807) is 12.1 Å². The SMILES string of the molecule is O=[N+]([O-])c1ccc2c(Cl)ccnc2c1. The average molecular weight is 209 g/mol. The number of non-ortho nitro benzene ring substituents is 1. The molecule has 0 amide bonds. The third-order valence-corrected chi connectivity index (χ3v) is 2.21. The van der Waals surface area contributed by atoms with Crippen molar-refractivity contribution in [3.8, 4) is 0 Å². The summed E-state index contributed by atoms with van der Waals surface area (Å²) in [6.45, 7) is 0. The summed E-state index contributed by atoms with van der Waals surface area (Å²) in [7, 11) is 0. The Labute approximate surface area is 84.3 Å². The number of hydrogen-bond acceptors (Lipinski definition) is 3. The van der Waals surface area contributed by atoms with Gasteiger partial charge in [-0.2, -0.15) is 0 Å². The Morgan fingerprint density at radius 1 is 1.36 bits per heavy atom. The van der Waals surface area contributed by atoms with Crippen LogP contribution < -0.4 is 0 Å². The highest BCUT2D eigenvalue weighted by Crippen LogP contribution is 2.24. The molecule has 70 valence electrons. The van der Waals surface area contributed by atoms with E-state index in [9.17, 15) is 10.1 Å². The topological polar surface area (TPSA) is 56.0 Å². The molecular formula is C9H5ClN2O2. The number of nitrogens with zero attached hydrogens (tertiary/aromatic N) is 2. The fourth-order valence-electron chi connectivity index (χ4n) is 1.22. The Hall–Kier alpha value is -1.68. The van der Waals surface area contributed by atoms with E-state index >= 15 is 0 Å². The van der Waals surface area contributed by atoms with Crippen LogP contribution in [0.5, 0.6) is 0 Å². The van der Waals surface area contributed by atoms with Crippen molar-refractivity contribution in [1.82, 2.24) is 4.98 Å². The molecule has 0 bridgehead atoms. The molecule has 0 fully saturated rings. The van der Waals surface area contributed by atoms with Gasteiger partial charge in [-0.25, -0.2) is 0 Å². The van der Waals surface area contributed by atoms with E-state index in [1.165, 1.54) is 18.3 Å². The van der Waals surface area contributed by atoms with Gasteiger partial charge in [0.2, 0.25) is 0 Å². The lowest BCUT2D eigenvalue weighted by Crippen LogP contribution is -1.88. The first-order chi connectivity index (χ1) is 6.68. The summed E-state index contributed by atoms with van der Waals surface area (Å²) in [5.74, 6) is 0. The minimum atomic E-state index is -0.456. The predicted molar refractivity (Wildman–Crippen MR) is 53.4 cm³/mol. The van der Waals surface area contributed by atoms with E-state index in [2.05, 4.69) is 4.98 Å². The number of rotatable bonds is 1. The van der Waals surface area contributed by atoms with Crippen LogP contribution in [0.3, 0.4) is 0 Å². The fraction of sp³-hybridized carbons (Fsp3) is 0. The van der Waals surface area contributed by atoms with E-state index in [0.717, 1.165) is 5.39 Å². The van der Waals surface area contributed by atoms with Gasteiger partial charge in [0.1, 0.15) is 0 Å². The number of benzene rings is 1. The molecule has 0 unspecified atom stereocenters. The van der Waals surface area contributed by atoms with Gasteiger partial charge in [0.25, 0.3) is 5.69 Å². The van der Waals surface area contributed by atoms with Gasteiger partial charge in [0, 0.05) is 23.7 Å². The minimum Gasteiger partial charge on any atom is -0.258 e. The van der Waals surface area contributed by atoms with Crippen molar-refractivity contribution in [2.75, 3.05) is 0 Å². The zero-order chi connectivity index (χ0) is 10.1. The van der Waals surface area contributed by atoms with Crippen LogP contribution in [0.4, 0.5) is 5.69 Å². The van der Waals surface area contributed by atoms with Crippen LogP contribution >= 0.6 is 11.6 Å². The number of fused-ring (bicyclic) bond motifs is 1. The quantitative estimate of drug-likeness (QED) is 0.535. The molecule has 5 heteroatoms. The summed E-state index contributed by atoms with van der Waals surface area (Å²) in [6, 6.07) is 6.07. The van der Waals surface area contributed by atoms with Gasteiger partial charge in [-0.3, -0.25) is 15.1 Å². The summed E-state index contributed by atoms with van der Waals surface area (Å²) in [5.41, 5.74) is 0.555. The highest BCUT2D eigenvalue weighted by atomic mass is 35.5. The standard InChI is InChI=1S/C9H5ClN2O2/c10-8-3-4-11-9-5-6(12(13)14)1-2-7(8)9/h1-5H.